The van der Waals surface area contributed by atoms with Crippen LogP contribution in [0.2, 0.25) is 10.0 Å². The van der Waals surface area contributed by atoms with Gasteiger partial charge in [-0.25, -0.2) is 12.7 Å². The Morgan fingerprint density at radius 1 is 1.14 bits per heavy atom. The molecule has 21 heavy (non-hydrogen) atoms. The number of halogens is 2. The summed E-state index contributed by atoms with van der Waals surface area (Å²) in [4.78, 5) is 4.26. The second kappa shape index (κ2) is 6.75. The van der Waals surface area contributed by atoms with Gasteiger partial charge in [-0.05, 0) is 30.3 Å². The van der Waals surface area contributed by atoms with Gasteiger partial charge in [-0.1, -0.05) is 29.3 Å². The maximum Gasteiger partial charge on any atom is 0.242 e. The predicted molar refractivity (Wildman–Crippen MR) is 84.2 cm³/mol. The number of benzene rings is 1. The Morgan fingerprint density at radius 3 is 2.38 bits per heavy atom. The van der Waals surface area contributed by atoms with Crippen LogP contribution in [-0.4, -0.2) is 31.3 Å². The van der Waals surface area contributed by atoms with Crippen LogP contribution in [0.3, 0.4) is 0 Å². The molecule has 0 unspecified atom stereocenters. The SMILES string of the molecule is CN(CCc1ccccn1)S(=O)(=O)c1cc(Cl)cc(Cl)c1. The summed E-state index contributed by atoms with van der Waals surface area (Å²) in [6.07, 6.45) is 2.21. The number of pyridine rings is 1. The fraction of sp³-hybridized carbons (Fsp3) is 0.214. The zero-order chi connectivity index (χ0) is 15.5. The molecule has 112 valence electrons. The van der Waals surface area contributed by atoms with E-state index in [9.17, 15) is 8.42 Å². The quantitative estimate of drug-likeness (QED) is 0.836. The summed E-state index contributed by atoms with van der Waals surface area (Å²) >= 11 is 11.7. The molecule has 0 atom stereocenters. The molecular formula is C14H14Cl2N2O2S. The second-order valence-corrected chi connectivity index (χ2v) is 7.42. The highest BCUT2D eigenvalue weighted by Crippen LogP contribution is 2.24. The minimum absolute atomic E-state index is 0.0866. The normalized spacial score (nSPS) is 11.8. The first-order valence-corrected chi connectivity index (χ1v) is 8.41. The third-order valence-electron chi connectivity index (χ3n) is 2.95. The van der Waals surface area contributed by atoms with Gasteiger partial charge in [0.25, 0.3) is 0 Å². The van der Waals surface area contributed by atoms with Gasteiger partial charge in [-0.2, -0.15) is 0 Å². The van der Waals surface area contributed by atoms with Crippen LogP contribution in [0.25, 0.3) is 0 Å². The summed E-state index contributed by atoms with van der Waals surface area (Å²) < 4.78 is 26.2. The average molecular weight is 345 g/mol. The Bertz CT molecular complexity index is 701. The van der Waals surface area contributed by atoms with Crippen LogP contribution in [0.15, 0.2) is 47.5 Å². The van der Waals surface area contributed by atoms with Gasteiger partial charge in [0.15, 0.2) is 0 Å². The highest BCUT2D eigenvalue weighted by Gasteiger charge is 2.21. The van der Waals surface area contributed by atoms with Crippen molar-refractivity contribution in [2.75, 3.05) is 13.6 Å². The van der Waals surface area contributed by atoms with Crippen LogP contribution in [0.4, 0.5) is 0 Å². The van der Waals surface area contributed by atoms with Gasteiger partial charge < -0.3 is 0 Å². The molecule has 0 N–H and O–H groups in total. The third kappa shape index (κ3) is 4.17. The minimum atomic E-state index is -3.62. The molecule has 2 aromatic rings. The topological polar surface area (TPSA) is 50.3 Å². The molecule has 7 heteroatoms. The minimum Gasteiger partial charge on any atom is -0.261 e. The van der Waals surface area contributed by atoms with Crippen molar-refractivity contribution in [2.45, 2.75) is 11.3 Å². The number of sulfonamides is 1. The molecule has 1 heterocycles. The monoisotopic (exact) mass is 344 g/mol. The molecule has 0 amide bonds. The lowest BCUT2D eigenvalue weighted by atomic mass is 10.3. The number of hydrogen-bond acceptors (Lipinski definition) is 3. The molecule has 1 aromatic heterocycles. The number of likely N-dealkylation sites (N-methyl/N-ethyl adjacent to an activating group) is 1. The molecule has 4 nitrogen and oxygen atoms in total. The zero-order valence-electron chi connectivity index (χ0n) is 11.3. The van der Waals surface area contributed by atoms with Gasteiger partial charge in [0.05, 0.1) is 4.90 Å². The van der Waals surface area contributed by atoms with Crippen molar-refractivity contribution >= 4 is 33.2 Å². The van der Waals surface area contributed by atoms with E-state index in [1.54, 1.807) is 6.20 Å². The number of rotatable bonds is 5. The number of hydrogen-bond donors (Lipinski definition) is 0. The van der Waals surface area contributed by atoms with Crippen molar-refractivity contribution in [1.29, 1.82) is 0 Å². The van der Waals surface area contributed by atoms with E-state index in [1.807, 2.05) is 18.2 Å². The van der Waals surface area contributed by atoms with Gasteiger partial charge in [0.1, 0.15) is 0 Å². The lowest BCUT2D eigenvalue weighted by molar-refractivity contribution is 0.471. The highest BCUT2D eigenvalue weighted by molar-refractivity contribution is 7.89. The number of nitrogens with zero attached hydrogens (tertiary/aromatic N) is 2. The molecule has 0 radical (unpaired) electrons. The molecule has 0 saturated carbocycles. The van der Waals surface area contributed by atoms with Crippen molar-refractivity contribution in [2.24, 2.45) is 0 Å². The molecule has 0 bridgehead atoms. The van der Waals surface area contributed by atoms with E-state index in [1.165, 1.54) is 29.6 Å². The second-order valence-electron chi connectivity index (χ2n) is 4.50. The predicted octanol–water partition coefficient (Wildman–Crippen LogP) is 3.25. The number of aromatic nitrogens is 1. The van der Waals surface area contributed by atoms with Crippen molar-refractivity contribution in [3.8, 4) is 0 Å². The Balaban J connectivity index is 2.15. The first-order valence-electron chi connectivity index (χ1n) is 6.22. The van der Waals surface area contributed by atoms with E-state index in [0.717, 1.165) is 5.69 Å². The molecule has 0 spiro atoms. The van der Waals surface area contributed by atoms with Gasteiger partial charge in [0, 0.05) is 41.9 Å². The van der Waals surface area contributed by atoms with Crippen LogP contribution in [0, 0.1) is 0 Å². The van der Waals surface area contributed by atoms with E-state index in [2.05, 4.69) is 4.98 Å². The zero-order valence-corrected chi connectivity index (χ0v) is 13.7. The van der Waals surface area contributed by atoms with E-state index >= 15 is 0 Å². The summed E-state index contributed by atoms with van der Waals surface area (Å²) in [7, 11) is -2.10. The maximum atomic E-state index is 12.4. The van der Waals surface area contributed by atoms with Crippen molar-refractivity contribution in [3.05, 3.63) is 58.3 Å². The van der Waals surface area contributed by atoms with E-state index < -0.39 is 10.0 Å². The Hall–Kier alpha value is -1.14. The van der Waals surface area contributed by atoms with Crippen LogP contribution in [-0.2, 0) is 16.4 Å². The summed E-state index contributed by atoms with van der Waals surface area (Å²) in [5, 5.41) is 0.582. The average Bonchev–Trinajstić information content (AvgIpc) is 2.44. The maximum absolute atomic E-state index is 12.4. The summed E-state index contributed by atoms with van der Waals surface area (Å²) in [6, 6.07) is 9.82. The van der Waals surface area contributed by atoms with Gasteiger partial charge >= 0.3 is 0 Å². The summed E-state index contributed by atoms with van der Waals surface area (Å²) in [5.74, 6) is 0. The molecule has 0 fully saturated rings. The summed E-state index contributed by atoms with van der Waals surface area (Å²) in [5.41, 5.74) is 0.837. The molecule has 0 aliphatic carbocycles. The molecular weight excluding hydrogens is 331 g/mol. The molecule has 1 aromatic carbocycles. The van der Waals surface area contributed by atoms with Crippen molar-refractivity contribution in [3.63, 3.8) is 0 Å². The van der Waals surface area contributed by atoms with E-state index in [0.29, 0.717) is 23.0 Å². The van der Waals surface area contributed by atoms with Crippen molar-refractivity contribution in [1.82, 2.24) is 9.29 Å². The van der Waals surface area contributed by atoms with Gasteiger partial charge in [-0.15, -0.1) is 0 Å². The molecule has 2 rings (SSSR count). The molecule has 0 aliphatic rings. The van der Waals surface area contributed by atoms with E-state index in [-0.39, 0.29) is 4.90 Å². The highest BCUT2D eigenvalue weighted by atomic mass is 35.5. The molecule has 0 aliphatic heterocycles. The first kappa shape index (κ1) is 16.2. The van der Waals surface area contributed by atoms with Crippen LogP contribution < -0.4 is 0 Å². The summed E-state index contributed by atoms with van der Waals surface area (Å²) in [6.45, 7) is 0.323. The third-order valence-corrected chi connectivity index (χ3v) is 5.22. The molecule has 0 saturated heterocycles. The standard InChI is InChI=1S/C14H14Cl2N2O2S/c1-18(7-5-13-4-2-3-6-17-13)21(19,20)14-9-11(15)8-12(16)10-14/h2-4,6,8-10H,5,7H2,1H3. The fourth-order valence-electron chi connectivity index (χ4n) is 1.80. The van der Waals surface area contributed by atoms with Crippen LogP contribution in [0.1, 0.15) is 5.69 Å². The Kier molecular flexibility index (Phi) is 5.22. The van der Waals surface area contributed by atoms with Gasteiger partial charge in [-0.3, -0.25) is 4.98 Å². The first-order chi connectivity index (χ1) is 9.89. The van der Waals surface area contributed by atoms with E-state index in [4.69, 9.17) is 23.2 Å². The van der Waals surface area contributed by atoms with Crippen LogP contribution >= 0.6 is 23.2 Å². The lowest BCUT2D eigenvalue weighted by Gasteiger charge is -2.17. The van der Waals surface area contributed by atoms with Crippen LogP contribution in [0.5, 0.6) is 0 Å². The lowest BCUT2D eigenvalue weighted by Crippen LogP contribution is -2.29. The van der Waals surface area contributed by atoms with Crippen molar-refractivity contribution < 1.29 is 8.42 Å². The Labute approximate surface area is 134 Å². The Morgan fingerprint density at radius 2 is 1.81 bits per heavy atom. The smallest absolute Gasteiger partial charge is 0.242 e. The van der Waals surface area contributed by atoms with Gasteiger partial charge in [0.2, 0.25) is 10.0 Å². The largest absolute Gasteiger partial charge is 0.261 e. The fourth-order valence-corrected chi connectivity index (χ4v) is 3.69.